The molecule has 0 aromatic carbocycles. The Hall–Kier alpha value is -1.29. The van der Waals surface area contributed by atoms with Crippen LogP contribution in [-0.2, 0) is 9.57 Å². The fraction of sp³-hybridized carbons (Fsp3) is 0.895. The number of rotatable bonds is 7. The summed E-state index contributed by atoms with van der Waals surface area (Å²) in [6, 6.07) is 0.365. The van der Waals surface area contributed by atoms with Crippen LogP contribution in [-0.4, -0.2) is 139 Å². The van der Waals surface area contributed by atoms with Crippen molar-refractivity contribution in [3.63, 3.8) is 0 Å². The third kappa shape index (κ3) is 11.8. The number of oxime groups is 1. The molecule has 0 spiro atoms. The van der Waals surface area contributed by atoms with Crippen LogP contribution >= 0.6 is 7.81 Å². The van der Waals surface area contributed by atoms with E-state index in [9.17, 15) is 40.5 Å². The topological polar surface area (TPSA) is 104 Å². The van der Waals surface area contributed by atoms with E-state index in [1.165, 1.54) is 0 Å². The van der Waals surface area contributed by atoms with Crippen molar-refractivity contribution < 1.29 is 54.7 Å². The van der Waals surface area contributed by atoms with Crippen LogP contribution in [0.3, 0.4) is 0 Å². The summed E-state index contributed by atoms with van der Waals surface area (Å²) in [6.07, 6.45) is 1.58. The maximum absolute atomic E-state index is 10.7. The summed E-state index contributed by atoms with van der Waals surface area (Å²) in [5.41, 5.74) is 0.778. The molecule has 0 aliphatic carbocycles. The molecule has 0 aromatic rings. The number of amidine groups is 1. The average Bonchev–Trinajstić information content (AvgIpc) is 2.74. The van der Waals surface area contributed by atoms with Crippen LogP contribution in [0.2, 0.25) is 0 Å². The standard InChI is InChI=1S/C19H38N5O5.F6P/c1-21(2)19(24-8-13-28-14-9-24)29-20-18-15(5-10-25)22(3)17(7-12-27)23(4)16(18)6-11-26;1-7(2,3,4,5)6/h15-17,25-27H,5-14H2,1-4H3;/q+1;-1. The van der Waals surface area contributed by atoms with E-state index in [1.807, 2.05) is 33.1 Å². The van der Waals surface area contributed by atoms with Crippen molar-refractivity contribution in [3.05, 3.63) is 0 Å². The van der Waals surface area contributed by atoms with E-state index in [4.69, 9.17) is 9.57 Å². The molecule has 216 valence electrons. The Balaban J connectivity index is 0.000000809. The summed E-state index contributed by atoms with van der Waals surface area (Å²) in [5, 5.41) is 33.4. The molecule has 0 bridgehead atoms. The molecule has 2 heterocycles. The van der Waals surface area contributed by atoms with Gasteiger partial charge in [0, 0.05) is 19.8 Å². The summed E-state index contributed by atoms with van der Waals surface area (Å²) in [6.45, 7) is 2.85. The van der Waals surface area contributed by atoms with Gasteiger partial charge in [-0.2, -0.15) is 0 Å². The van der Waals surface area contributed by atoms with Gasteiger partial charge in [-0.15, -0.1) is 0 Å². The molecule has 2 fully saturated rings. The molecular weight excluding hydrogens is 523 g/mol. The fourth-order valence-corrected chi connectivity index (χ4v) is 4.20. The summed E-state index contributed by atoms with van der Waals surface area (Å²) >= 11 is 0. The Bertz CT molecular complexity index is 730. The summed E-state index contributed by atoms with van der Waals surface area (Å²) in [4.78, 5) is 12.1. The van der Waals surface area contributed by atoms with E-state index in [0.717, 1.165) is 18.8 Å². The second-order valence-corrected chi connectivity index (χ2v) is 10.6. The van der Waals surface area contributed by atoms with Gasteiger partial charge in [-0.3, -0.25) is 14.6 Å². The first-order valence-electron chi connectivity index (χ1n) is 11.4. The molecule has 0 radical (unpaired) electrons. The first-order chi connectivity index (χ1) is 16.4. The van der Waals surface area contributed by atoms with Crippen LogP contribution in [0.1, 0.15) is 19.3 Å². The number of halogens is 6. The van der Waals surface area contributed by atoms with E-state index in [1.54, 1.807) is 0 Å². The normalized spacial score (nSPS) is 25.9. The third-order valence-corrected chi connectivity index (χ3v) is 5.70. The Morgan fingerprint density at radius 2 is 1.36 bits per heavy atom. The molecule has 17 heteroatoms. The molecule has 2 saturated heterocycles. The quantitative estimate of drug-likeness (QED) is 0.142. The molecule has 2 aliphatic heterocycles. The molecule has 0 amide bonds. The van der Waals surface area contributed by atoms with Gasteiger partial charge in [0.1, 0.15) is 13.1 Å². The molecule has 2 unspecified atom stereocenters. The minimum absolute atomic E-state index is 0.0106. The van der Waals surface area contributed by atoms with Crippen molar-refractivity contribution in [1.29, 1.82) is 0 Å². The maximum atomic E-state index is 9.87. The van der Waals surface area contributed by atoms with Gasteiger partial charge in [-0.25, -0.2) is 9.48 Å². The van der Waals surface area contributed by atoms with Crippen molar-refractivity contribution in [2.75, 3.05) is 74.3 Å². The zero-order valence-electron chi connectivity index (χ0n) is 20.9. The number of ether oxygens (including phenoxy) is 1. The van der Waals surface area contributed by atoms with Crippen LogP contribution in [0.5, 0.6) is 0 Å². The molecule has 2 aliphatic rings. The van der Waals surface area contributed by atoms with E-state index >= 15 is 0 Å². The fourth-order valence-electron chi connectivity index (χ4n) is 4.20. The SMILES string of the molecule is CN(C)C(ON=C1C(CCO)N(C)C(CCO)N(C)C1CCO)=[N+]1CCOCC1.F[P-](F)(F)(F)(F)F. The predicted octanol–water partition coefficient (Wildman–Crippen LogP) is 1.79. The van der Waals surface area contributed by atoms with Crippen molar-refractivity contribution in [2.45, 2.75) is 37.5 Å². The summed E-state index contributed by atoms with van der Waals surface area (Å²) in [5.74, 6) is 0. The van der Waals surface area contributed by atoms with Gasteiger partial charge in [0.25, 0.3) is 0 Å². The first kappa shape index (κ1) is 32.7. The van der Waals surface area contributed by atoms with Gasteiger partial charge in [-0.05, 0) is 33.4 Å². The van der Waals surface area contributed by atoms with Gasteiger partial charge in [-0.1, -0.05) is 5.16 Å². The average molecular weight is 562 g/mol. The molecule has 3 N–H and O–H groups in total. The van der Waals surface area contributed by atoms with Crippen LogP contribution in [0, 0.1) is 0 Å². The van der Waals surface area contributed by atoms with Crippen LogP contribution in [0.4, 0.5) is 25.2 Å². The number of morpholine rings is 1. The van der Waals surface area contributed by atoms with E-state index < -0.39 is 7.81 Å². The van der Waals surface area contributed by atoms with Crippen molar-refractivity contribution in [3.8, 4) is 0 Å². The van der Waals surface area contributed by atoms with Crippen LogP contribution in [0.15, 0.2) is 5.16 Å². The Morgan fingerprint density at radius 3 is 1.72 bits per heavy atom. The predicted molar refractivity (Wildman–Crippen MR) is 124 cm³/mol. The second kappa shape index (κ2) is 12.5. The Kier molecular flexibility index (Phi) is 11.4. The van der Waals surface area contributed by atoms with Gasteiger partial charge in [0.05, 0.1) is 51.3 Å². The summed E-state index contributed by atoms with van der Waals surface area (Å²) in [7, 11) is -2.88. The van der Waals surface area contributed by atoms with Gasteiger partial charge < -0.3 is 20.1 Å². The number of nitrogens with zero attached hydrogens (tertiary/aromatic N) is 5. The molecular formula is C19H38F6N5O5P. The molecule has 2 rings (SSSR count). The van der Waals surface area contributed by atoms with E-state index in [-0.39, 0.29) is 38.1 Å². The minimum atomic E-state index is -10.7. The Morgan fingerprint density at radius 1 is 0.944 bits per heavy atom. The van der Waals surface area contributed by atoms with Gasteiger partial charge in [0.15, 0.2) is 0 Å². The van der Waals surface area contributed by atoms with Gasteiger partial charge in [0.2, 0.25) is 0 Å². The molecule has 0 aromatic heterocycles. The number of hydrogen-bond donors (Lipinski definition) is 3. The van der Waals surface area contributed by atoms with Crippen molar-refractivity contribution in [2.24, 2.45) is 5.16 Å². The molecule has 36 heavy (non-hydrogen) atoms. The zero-order valence-corrected chi connectivity index (χ0v) is 21.8. The zero-order chi connectivity index (χ0) is 27.8. The number of hydrogen-bond acceptors (Lipinski definition) is 8. The van der Waals surface area contributed by atoms with Crippen molar-refractivity contribution in [1.82, 2.24) is 14.7 Å². The number of aliphatic hydroxyl groups excluding tert-OH is 3. The number of aliphatic hydroxyl groups is 3. The summed E-state index contributed by atoms with van der Waals surface area (Å²) < 4.78 is 66.7. The second-order valence-electron chi connectivity index (χ2n) is 8.72. The van der Waals surface area contributed by atoms with Crippen LogP contribution in [0.25, 0.3) is 0 Å². The third-order valence-electron chi connectivity index (χ3n) is 5.70. The van der Waals surface area contributed by atoms with Crippen molar-refractivity contribution >= 4 is 19.5 Å². The van der Waals surface area contributed by atoms with E-state index in [2.05, 4.69) is 19.5 Å². The van der Waals surface area contributed by atoms with E-state index in [0.29, 0.717) is 38.5 Å². The first-order valence-corrected chi connectivity index (χ1v) is 13.4. The molecule has 10 nitrogen and oxygen atoms in total. The molecule has 2 atom stereocenters. The van der Waals surface area contributed by atoms with Crippen LogP contribution < -0.4 is 0 Å². The van der Waals surface area contributed by atoms with Gasteiger partial charge >= 0.3 is 39.0 Å². The molecule has 0 saturated carbocycles. The monoisotopic (exact) mass is 561 g/mol. The Labute approximate surface area is 206 Å².